The number of aromatic nitrogens is 2. The van der Waals surface area contributed by atoms with Crippen molar-refractivity contribution in [1.29, 1.82) is 0 Å². The van der Waals surface area contributed by atoms with Crippen LogP contribution >= 0.6 is 12.4 Å². The molecule has 2 aromatic carbocycles. The van der Waals surface area contributed by atoms with Gasteiger partial charge in [0.25, 0.3) is 0 Å². The smallest absolute Gasteiger partial charge is 0.139 e. The SMILES string of the molecule is Cl.c1ccc(CN2CCN(c3ncnc4ccccc34)CC2)cc1. The largest absolute Gasteiger partial charge is 0.353 e. The Morgan fingerprint density at radius 1 is 0.792 bits per heavy atom. The van der Waals surface area contributed by atoms with Crippen LogP contribution in [0.2, 0.25) is 0 Å². The molecule has 1 aliphatic rings. The Morgan fingerprint density at radius 3 is 2.29 bits per heavy atom. The predicted molar refractivity (Wildman–Crippen MR) is 101 cm³/mol. The van der Waals surface area contributed by atoms with Gasteiger partial charge < -0.3 is 4.90 Å². The van der Waals surface area contributed by atoms with Crippen molar-refractivity contribution < 1.29 is 0 Å². The molecule has 4 nitrogen and oxygen atoms in total. The maximum absolute atomic E-state index is 4.54. The van der Waals surface area contributed by atoms with Crippen molar-refractivity contribution in [1.82, 2.24) is 14.9 Å². The van der Waals surface area contributed by atoms with Crippen LogP contribution in [0.15, 0.2) is 60.9 Å². The average Bonchev–Trinajstić information content (AvgIpc) is 2.63. The lowest BCUT2D eigenvalue weighted by molar-refractivity contribution is 0.249. The van der Waals surface area contributed by atoms with Gasteiger partial charge in [-0.05, 0) is 17.7 Å². The third-order valence-corrected chi connectivity index (χ3v) is 4.44. The molecule has 3 aromatic rings. The zero-order valence-electron chi connectivity index (χ0n) is 13.5. The summed E-state index contributed by atoms with van der Waals surface area (Å²) in [5.74, 6) is 1.06. The lowest BCUT2D eigenvalue weighted by Gasteiger charge is -2.35. The van der Waals surface area contributed by atoms with Gasteiger partial charge >= 0.3 is 0 Å². The molecule has 2 heterocycles. The molecule has 1 fully saturated rings. The first-order chi connectivity index (χ1) is 11.4. The Hall–Kier alpha value is -2.17. The number of benzene rings is 2. The number of hydrogen-bond acceptors (Lipinski definition) is 4. The highest BCUT2D eigenvalue weighted by atomic mass is 35.5. The van der Waals surface area contributed by atoms with E-state index in [2.05, 4.69) is 62.2 Å². The van der Waals surface area contributed by atoms with Gasteiger partial charge in [-0.1, -0.05) is 42.5 Å². The standard InChI is InChI=1S/C19H20N4.ClH/c1-2-6-16(7-3-1)14-22-10-12-23(13-11-22)19-17-8-4-5-9-18(17)20-15-21-19;/h1-9,15H,10-14H2;1H. The van der Waals surface area contributed by atoms with E-state index < -0.39 is 0 Å². The molecule has 0 amide bonds. The molecule has 0 saturated carbocycles. The van der Waals surface area contributed by atoms with E-state index in [1.165, 1.54) is 5.56 Å². The Bertz CT molecular complexity index is 780. The molecule has 1 aromatic heterocycles. The van der Waals surface area contributed by atoms with Gasteiger partial charge in [0, 0.05) is 38.1 Å². The average molecular weight is 341 g/mol. The summed E-state index contributed by atoms with van der Waals surface area (Å²) in [5.41, 5.74) is 2.40. The summed E-state index contributed by atoms with van der Waals surface area (Å²) in [5, 5.41) is 1.14. The number of halogens is 1. The van der Waals surface area contributed by atoms with E-state index >= 15 is 0 Å². The lowest BCUT2D eigenvalue weighted by Crippen LogP contribution is -2.46. The molecule has 0 unspecified atom stereocenters. The van der Waals surface area contributed by atoms with Crippen LogP contribution in [0.5, 0.6) is 0 Å². The third kappa shape index (κ3) is 3.50. The second kappa shape index (κ2) is 7.60. The quantitative estimate of drug-likeness (QED) is 0.731. The number of fused-ring (bicyclic) bond motifs is 1. The van der Waals surface area contributed by atoms with E-state index in [9.17, 15) is 0 Å². The Kier molecular flexibility index (Phi) is 5.28. The number of hydrogen-bond donors (Lipinski definition) is 0. The summed E-state index contributed by atoms with van der Waals surface area (Å²) < 4.78 is 0. The van der Waals surface area contributed by atoms with Crippen LogP contribution in [-0.2, 0) is 6.54 Å². The van der Waals surface area contributed by atoms with E-state index in [0.29, 0.717) is 0 Å². The summed E-state index contributed by atoms with van der Waals surface area (Å²) >= 11 is 0. The predicted octanol–water partition coefficient (Wildman–Crippen LogP) is 3.37. The van der Waals surface area contributed by atoms with Crippen LogP contribution in [0.1, 0.15) is 5.56 Å². The molecule has 5 heteroatoms. The van der Waals surface area contributed by atoms with Crippen LogP contribution in [0.25, 0.3) is 10.9 Å². The van der Waals surface area contributed by atoms with Crippen molar-refractivity contribution in [3.8, 4) is 0 Å². The Morgan fingerprint density at radius 2 is 1.50 bits per heavy atom. The summed E-state index contributed by atoms with van der Waals surface area (Å²) in [4.78, 5) is 13.8. The topological polar surface area (TPSA) is 32.3 Å². The van der Waals surface area contributed by atoms with Crippen LogP contribution in [0.4, 0.5) is 5.82 Å². The summed E-state index contributed by atoms with van der Waals surface area (Å²) in [7, 11) is 0. The van der Waals surface area contributed by atoms with Crippen molar-refractivity contribution in [3.05, 3.63) is 66.5 Å². The van der Waals surface area contributed by atoms with E-state index in [4.69, 9.17) is 0 Å². The van der Waals surface area contributed by atoms with E-state index in [1.807, 2.05) is 12.1 Å². The van der Waals surface area contributed by atoms with Gasteiger partial charge in [-0.3, -0.25) is 4.90 Å². The Balaban J connectivity index is 0.00000169. The molecule has 24 heavy (non-hydrogen) atoms. The first kappa shape index (κ1) is 16.7. The molecule has 124 valence electrons. The number of piperazine rings is 1. The van der Waals surface area contributed by atoms with Gasteiger partial charge in [-0.25, -0.2) is 9.97 Å². The normalized spacial score (nSPS) is 15.2. The van der Waals surface area contributed by atoms with Gasteiger partial charge in [0.15, 0.2) is 0 Å². The van der Waals surface area contributed by atoms with E-state index in [1.54, 1.807) is 6.33 Å². The minimum Gasteiger partial charge on any atom is -0.353 e. The van der Waals surface area contributed by atoms with E-state index in [-0.39, 0.29) is 12.4 Å². The Labute approximate surface area is 148 Å². The molecule has 4 rings (SSSR count). The monoisotopic (exact) mass is 340 g/mol. The minimum absolute atomic E-state index is 0. The van der Waals surface area contributed by atoms with Gasteiger partial charge in [0.1, 0.15) is 12.1 Å². The molecule has 0 aliphatic carbocycles. The van der Waals surface area contributed by atoms with Crippen molar-refractivity contribution >= 4 is 29.1 Å². The van der Waals surface area contributed by atoms with Crippen molar-refractivity contribution in [2.75, 3.05) is 31.1 Å². The molecule has 1 aliphatic heterocycles. The molecular weight excluding hydrogens is 320 g/mol. The maximum atomic E-state index is 4.54. The van der Waals surface area contributed by atoms with Crippen LogP contribution in [-0.4, -0.2) is 41.0 Å². The van der Waals surface area contributed by atoms with Crippen LogP contribution < -0.4 is 4.90 Å². The minimum atomic E-state index is 0. The number of rotatable bonds is 3. The molecule has 0 radical (unpaired) electrons. The second-order valence-corrected chi connectivity index (χ2v) is 5.96. The van der Waals surface area contributed by atoms with Gasteiger partial charge in [-0.2, -0.15) is 0 Å². The molecule has 0 atom stereocenters. The van der Waals surface area contributed by atoms with Crippen molar-refractivity contribution in [3.63, 3.8) is 0 Å². The summed E-state index contributed by atoms with van der Waals surface area (Å²) in [6.07, 6.45) is 1.67. The molecule has 0 bridgehead atoms. The zero-order chi connectivity index (χ0) is 15.5. The fourth-order valence-corrected chi connectivity index (χ4v) is 3.20. The lowest BCUT2D eigenvalue weighted by atomic mass is 10.2. The fourth-order valence-electron chi connectivity index (χ4n) is 3.20. The first-order valence-corrected chi connectivity index (χ1v) is 8.11. The van der Waals surface area contributed by atoms with Crippen molar-refractivity contribution in [2.24, 2.45) is 0 Å². The highest BCUT2D eigenvalue weighted by Crippen LogP contribution is 2.23. The zero-order valence-corrected chi connectivity index (χ0v) is 14.3. The molecule has 1 saturated heterocycles. The van der Waals surface area contributed by atoms with Crippen LogP contribution in [0, 0.1) is 0 Å². The maximum Gasteiger partial charge on any atom is 0.139 e. The highest BCUT2D eigenvalue weighted by molar-refractivity contribution is 5.89. The summed E-state index contributed by atoms with van der Waals surface area (Å²) in [6, 6.07) is 18.9. The first-order valence-electron chi connectivity index (χ1n) is 8.11. The third-order valence-electron chi connectivity index (χ3n) is 4.44. The summed E-state index contributed by atoms with van der Waals surface area (Å²) in [6.45, 7) is 5.17. The van der Waals surface area contributed by atoms with Crippen molar-refractivity contribution in [2.45, 2.75) is 6.54 Å². The van der Waals surface area contributed by atoms with Gasteiger partial charge in [0.05, 0.1) is 5.52 Å². The number of anilines is 1. The van der Waals surface area contributed by atoms with Gasteiger partial charge in [0.2, 0.25) is 0 Å². The van der Waals surface area contributed by atoms with Gasteiger partial charge in [-0.15, -0.1) is 12.4 Å². The molecular formula is C19H21ClN4. The molecule has 0 N–H and O–H groups in total. The van der Waals surface area contributed by atoms with E-state index in [0.717, 1.165) is 49.4 Å². The number of nitrogens with zero attached hydrogens (tertiary/aromatic N) is 4. The second-order valence-electron chi connectivity index (χ2n) is 5.96. The highest BCUT2D eigenvalue weighted by Gasteiger charge is 2.19. The van der Waals surface area contributed by atoms with Crippen LogP contribution in [0.3, 0.4) is 0 Å². The fraction of sp³-hybridized carbons (Fsp3) is 0.263. The number of para-hydroxylation sites is 1. The molecule has 0 spiro atoms.